The normalized spacial score (nSPS) is 10.0. The third-order valence-electron chi connectivity index (χ3n) is 1.63. The highest BCUT2D eigenvalue weighted by Crippen LogP contribution is 2.00. The molecule has 5 heteroatoms. The average molecular weight is 183 g/mol. The fourth-order valence-electron chi connectivity index (χ4n) is 0.961. The van der Waals surface area contributed by atoms with Crippen molar-refractivity contribution in [3.05, 3.63) is 16.3 Å². The van der Waals surface area contributed by atoms with Gasteiger partial charge in [-0.15, -0.1) is 4.98 Å². The van der Waals surface area contributed by atoms with Crippen LogP contribution in [0.25, 0.3) is 0 Å². The first kappa shape index (κ1) is 9.70. The van der Waals surface area contributed by atoms with E-state index in [1.807, 2.05) is 0 Å². The van der Waals surface area contributed by atoms with Gasteiger partial charge in [0.05, 0.1) is 7.11 Å². The maximum Gasteiger partial charge on any atom is 0.350 e. The number of unbranched alkanes of at least 4 members (excludes halogenated alkanes) is 1. The summed E-state index contributed by atoms with van der Waals surface area (Å²) in [5.41, 5.74) is -0.405. The zero-order valence-electron chi connectivity index (χ0n) is 7.83. The molecule has 0 unspecified atom stereocenters. The Bertz CT molecular complexity index is 321. The van der Waals surface area contributed by atoms with Gasteiger partial charge in [-0.1, -0.05) is 13.3 Å². The number of aromatic nitrogens is 3. The minimum absolute atomic E-state index is 0.134. The van der Waals surface area contributed by atoms with E-state index in [0.717, 1.165) is 19.3 Å². The summed E-state index contributed by atoms with van der Waals surface area (Å²) in [4.78, 5) is 21.0. The maximum absolute atomic E-state index is 10.9. The molecule has 0 aromatic carbocycles. The van der Waals surface area contributed by atoms with Crippen molar-refractivity contribution in [2.24, 2.45) is 0 Å². The second-order valence-corrected chi connectivity index (χ2v) is 2.69. The third kappa shape index (κ3) is 2.85. The summed E-state index contributed by atoms with van der Waals surface area (Å²) >= 11 is 0. The number of ether oxygens (including phenoxy) is 1. The standard InChI is InChI=1S/C8H13N3O2/c1-3-4-5-6-9-7(12)11-8(10-6)13-2/h3-5H2,1-2H3,(H,9,10,11,12). The van der Waals surface area contributed by atoms with Crippen LogP contribution >= 0.6 is 0 Å². The van der Waals surface area contributed by atoms with Crippen LogP contribution in [-0.2, 0) is 6.42 Å². The van der Waals surface area contributed by atoms with Crippen LogP contribution in [0.5, 0.6) is 6.01 Å². The topological polar surface area (TPSA) is 67.9 Å². The number of aryl methyl sites for hydroxylation is 1. The molecule has 1 heterocycles. The van der Waals surface area contributed by atoms with Crippen molar-refractivity contribution in [3.63, 3.8) is 0 Å². The minimum Gasteiger partial charge on any atom is -0.467 e. The third-order valence-corrected chi connectivity index (χ3v) is 1.63. The van der Waals surface area contributed by atoms with E-state index in [-0.39, 0.29) is 6.01 Å². The van der Waals surface area contributed by atoms with Crippen LogP contribution in [0.4, 0.5) is 0 Å². The summed E-state index contributed by atoms with van der Waals surface area (Å²) in [5.74, 6) is 0.638. The highest BCUT2D eigenvalue weighted by atomic mass is 16.5. The van der Waals surface area contributed by atoms with Gasteiger partial charge < -0.3 is 4.74 Å². The van der Waals surface area contributed by atoms with Crippen molar-refractivity contribution in [1.29, 1.82) is 0 Å². The molecule has 0 spiro atoms. The predicted molar refractivity (Wildman–Crippen MR) is 47.8 cm³/mol. The van der Waals surface area contributed by atoms with E-state index >= 15 is 0 Å². The van der Waals surface area contributed by atoms with Gasteiger partial charge in [0.2, 0.25) is 0 Å². The van der Waals surface area contributed by atoms with Crippen LogP contribution in [0.3, 0.4) is 0 Å². The Labute approximate surface area is 76.2 Å². The average Bonchev–Trinajstić information content (AvgIpc) is 2.14. The second-order valence-electron chi connectivity index (χ2n) is 2.69. The maximum atomic E-state index is 10.9. The first-order chi connectivity index (χ1) is 6.26. The number of nitrogens with one attached hydrogen (secondary N) is 1. The summed E-state index contributed by atoms with van der Waals surface area (Å²) in [6.45, 7) is 2.08. The zero-order valence-corrected chi connectivity index (χ0v) is 7.83. The Balaban J connectivity index is 2.82. The molecule has 1 aromatic rings. The van der Waals surface area contributed by atoms with Gasteiger partial charge in [-0.25, -0.2) is 4.79 Å². The van der Waals surface area contributed by atoms with Gasteiger partial charge in [0.1, 0.15) is 5.82 Å². The monoisotopic (exact) mass is 183 g/mol. The first-order valence-corrected chi connectivity index (χ1v) is 4.27. The lowest BCUT2D eigenvalue weighted by molar-refractivity contribution is 0.373. The largest absolute Gasteiger partial charge is 0.467 e. The number of hydrogen-bond acceptors (Lipinski definition) is 4. The lowest BCUT2D eigenvalue weighted by Gasteiger charge is -2.00. The van der Waals surface area contributed by atoms with Crippen molar-refractivity contribution < 1.29 is 4.74 Å². The fraction of sp³-hybridized carbons (Fsp3) is 0.625. The first-order valence-electron chi connectivity index (χ1n) is 4.27. The van der Waals surface area contributed by atoms with Gasteiger partial charge in [-0.05, 0) is 6.42 Å². The van der Waals surface area contributed by atoms with E-state index in [1.165, 1.54) is 7.11 Å². The van der Waals surface area contributed by atoms with Gasteiger partial charge >= 0.3 is 11.7 Å². The molecular weight excluding hydrogens is 170 g/mol. The highest BCUT2D eigenvalue weighted by molar-refractivity contribution is 4.95. The highest BCUT2D eigenvalue weighted by Gasteiger charge is 2.01. The molecular formula is C8H13N3O2. The SMILES string of the molecule is CCCCc1nc(OC)nc(=O)[nH]1. The van der Waals surface area contributed by atoms with E-state index in [1.54, 1.807) is 0 Å². The summed E-state index contributed by atoms with van der Waals surface area (Å²) < 4.78 is 4.77. The lowest BCUT2D eigenvalue weighted by Crippen LogP contribution is -2.16. The number of H-pyrrole nitrogens is 1. The van der Waals surface area contributed by atoms with Crippen molar-refractivity contribution in [2.75, 3.05) is 7.11 Å². The molecule has 0 saturated carbocycles. The molecule has 1 N–H and O–H groups in total. The fourth-order valence-corrected chi connectivity index (χ4v) is 0.961. The molecule has 0 amide bonds. The molecule has 5 nitrogen and oxygen atoms in total. The number of rotatable bonds is 4. The van der Waals surface area contributed by atoms with E-state index in [4.69, 9.17) is 4.74 Å². The molecule has 0 aliphatic rings. The molecule has 0 saturated heterocycles. The molecule has 0 atom stereocenters. The van der Waals surface area contributed by atoms with Crippen molar-refractivity contribution in [2.45, 2.75) is 26.2 Å². The molecule has 1 rings (SSSR count). The smallest absolute Gasteiger partial charge is 0.350 e. The van der Waals surface area contributed by atoms with Crippen LogP contribution in [0.1, 0.15) is 25.6 Å². The molecule has 72 valence electrons. The Hall–Kier alpha value is -1.39. The van der Waals surface area contributed by atoms with Crippen molar-refractivity contribution >= 4 is 0 Å². The van der Waals surface area contributed by atoms with Gasteiger partial charge in [0.25, 0.3) is 0 Å². The quantitative estimate of drug-likeness (QED) is 0.738. The number of aromatic amines is 1. The zero-order chi connectivity index (χ0) is 9.68. The predicted octanol–water partition coefficient (Wildman–Crippen LogP) is 0.516. The molecule has 1 aromatic heterocycles. The van der Waals surface area contributed by atoms with E-state index in [2.05, 4.69) is 21.9 Å². The molecule has 0 radical (unpaired) electrons. The summed E-state index contributed by atoms with van der Waals surface area (Å²) in [6, 6.07) is 0.134. The lowest BCUT2D eigenvalue weighted by atomic mass is 10.2. The summed E-state index contributed by atoms with van der Waals surface area (Å²) in [5, 5.41) is 0. The molecule has 13 heavy (non-hydrogen) atoms. The van der Waals surface area contributed by atoms with E-state index in [9.17, 15) is 4.79 Å². The van der Waals surface area contributed by atoms with Crippen LogP contribution in [0.15, 0.2) is 4.79 Å². The van der Waals surface area contributed by atoms with Crippen LogP contribution < -0.4 is 10.4 Å². The van der Waals surface area contributed by atoms with Gasteiger partial charge in [0.15, 0.2) is 0 Å². The van der Waals surface area contributed by atoms with E-state index < -0.39 is 5.69 Å². The van der Waals surface area contributed by atoms with Gasteiger partial charge in [-0.2, -0.15) is 4.98 Å². The van der Waals surface area contributed by atoms with Gasteiger partial charge in [0, 0.05) is 6.42 Å². The van der Waals surface area contributed by atoms with E-state index in [0.29, 0.717) is 5.82 Å². The molecule has 0 fully saturated rings. The summed E-state index contributed by atoms with van der Waals surface area (Å²) in [7, 11) is 1.44. The Morgan fingerprint density at radius 2 is 2.23 bits per heavy atom. The Morgan fingerprint density at radius 1 is 1.46 bits per heavy atom. The Kier molecular flexibility index (Phi) is 3.42. The van der Waals surface area contributed by atoms with Crippen LogP contribution in [0.2, 0.25) is 0 Å². The number of nitrogens with zero attached hydrogens (tertiary/aromatic N) is 2. The minimum atomic E-state index is -0.405. The molecule has 0 aliphatic heterocycles. The van der Waals surface area contributed by atoms with Crippen molar-refractivity contribution in [1.82, 2.24) is 15.0 Å². The molecule has 0 bridgehead atoms. The van der Waals surface area contributed by atoms with Crippen LogP contribution in [0, 0.1) is 0 Å². The number of hydrogen-bond donors (Lipinski definition) is 1. The number of methoxy groups -OCH3 is 1. The van der Waals surface area contributed by atoms with Crippen LogP contribution in [-0.4, -0.2) is 22.1 Å². The van der Waals surface area contributed by atoms with Crippen molar-refractivity contribution in [3.8, 4) is 6.01 Å². The molecule has 0 aliphatic carbocycles. The second kappa shape index (κ2) is 4.59. The van der Waals surface area contributed by atoms with Gasteiger partial charge in [-0.3, -0.25) is 4.98 Å². The summed E-state index contributed by atoms with van der Waals surface area (Å²) in [6.07, 6.45) is 2.81. The Morgan fingerprint density at radius 3 is 2.85 bits per heavy atom.